The van der Waals surface area contributed by atoms with Crippen LogP contribution in [0.1, 0.15) is 12.5 Å². The van der Waals surface area contributed by atoms with Gasteiger partial charge in [-0.15, -0.1) is 0 Å². The largest absolute Gasteiger partial charge is 0.278 e. The van der Waals surface area contributed by atoms with Gasteiger partial charge in [0.15, 0.2) is 11.6 Å². The predicted molar refractivity (Wildman–Crippen MR) is 149 cm³/mol. The molecule has 6 rings (SSSR count). The lowest BCUT2D eigenvalue weighted by Crippen LogP contribution is -2.06. The molecule has 0 N–H and O–H groups in total. The summed E-state index contributed by atoms with van der Waals surface area (Å²) in [6.45, 7) is 6.01. The highest BCUT2D eigenvalue weighted by Crippen LogP contribution is 2.34. The molecule has 0 atom stereocenters. The Balaban J connectivity index is 1.67. The van der Waals surface area contributed by atoms with E-state index in [1.807, 2.05) is 73.7 Å². The molecule has 36 heavy (non-hydrogen) atoms. The van der Waals surface area contributed by atoms with Gasteiger partial charge in [-0.05, 0) is 36.3 Å². The van der Waals surface area contributed by atoms with Gasteiger partial charge in [-0.1, -0.05) is 104 Å². The number of allylic oxidation sites excluding steroid dienone is 3. The van der Waals surface area contributed by atoms with Crippen LogP contribution in [0.4, 0.5) is 0 Å². The highest BCUT2D eigenvalue weighted by molar-refractivity contribution is 6.10. The average molecular weight is 465 g/mol. The van der Waals surface area contributed by atoms with Crippen molar-refractivity contribution in [3.8, 4) is 28.7 Å². The molecule has 4 nitrogen and oxygen atoms in total. The van der Waals surface area contributed by atoms with Crippen LogP contribution in [-0.4, -0.2) is 19.5 Å². The Hall–Kier alpha value is -4.83. The van der Waals surface area contributed by atoms with Gasteiger partial charge in [0.05, 0.1) is 11.0 Å². The van der Waals surface area contributed by atoms with Crippen molar-refractivity contribution in [2.75, 3.05) is 0 Å². The Labute approximate surface area is 209 Å². The van der Waals surface area contributed by atoms with E-state index in [9.17, 15) is 0 Å². The van der Waals surface area contributed by atoms with Gasteiger partial charge >= 0.3 is 0 Å². The molecule has 0 bridgehead atoms. The molecular weight excluding hydrogens is 440 g/mol. The van der Waals surface area contributed by atoms with Crippen LogP contribution >= 0.6 is 0 Å². The second-order valence-electron chi connectivity index (χ2n) is 8.55. The highest BCUT2D eigenvalue weighted by Gasteiger charge is 2.18. The zero-order chi connectivity index (χ0) is 24.5. The van der Waals surface area contributed by atoms with Crippen LogP contribution in [0.15, 0.2) is 122 Å². The maximum atomic E-state index is 4.97. The first-order valence-corrected chi connectivity index (χ1v) is 12.0. The van der Waals surface area contributed by atoms with Crippen molar-refractivity contribution in [2.45, 2.75) is 6.92 Å². The van der Waals surface area contributed by atoms with Crippen molar-refractivity contribution >= 4 is 27.4 Å². The predicted octanol–water partition coefficient (Wildman–Crippen LogP) is 7.89. The maximum absolute atomic E-state index is 4.97. The zero-order valence-electron chi connectivity index (χ0n) is 20.0. The van der Waals surface area contributed by atoms with Crippen LogP contribution in [0.3, 0.4) is 0 Å². The third-order valence-corrected chi connectivity index (χ3v) is 6.42. The number of rotatable bonds is 5. The Bertz CT molecular complexity index is 1690. The van der Waals surface area contributed by atoms with Crippen LogP contribution in [0, 0.1) is 0 Å². The third-order valence-electron chi connectivity index (χ3n) is 6.42. The van der Waals surface area contributed by atoms with Gasteiger partial charge in [0.1, 0.15) is 0 Å². The fourth-order valence-electron chi connectivity index (χ4n) is 4.67. The summed E-state index contributed by atoms with van der Waals surface area (Å²) in [6, 6.07) is 35.0. The Morgan fingerprint density at radius 1 is 0.667 bits per heavy atom. The summed E-state index contributed by atoms with van der Waals surface area (Å²) in [4.78, 5) is 14.8. The minimum atomic E-state index is 0.594. The molecule has 0 spiro atoms. The Kier molecular flexibility index (Phi) is 5.47. The molecular formula is C32H24N4. The van der Waals surface area contributed by atoms with E-state index in [4.69, 9.17) is 15.0 Å². The summed E-state index contributed by atoms with van der Waals surface area (Å²) in [5.41, 5.74) is 6.23. The lowest BCUT2D eigenvalue weighted by molar-refractivity contribution is 0.953. The average Bonchev–Trinajstić information content (AvgIpc) is 3.28. The molecule has 0 fully saturated rings. The Morgan fingerprint density at radius 3 is 1.86 bits per heavy atom. The fourth-order valence-corrected chi connectivity index (χ4v) is 4.67. The summed E-state index contributed by atoms with van der Waals surface area (Å²) in [6.07, 6.45) is 3.97. The van der Waals surface area contributed by atoms with Crippen LogP contribution in [0.2, 0.25) is 0 Å². The number of hydrogen-bond acceptors (Lipinski definition) is 3. The first-order chi connectivity index (χ1) is 17.8. The minimum Gasteiger partial charge on any atom is -0.278 e. The molecule has 0 saturated heterocycles. The van der Waals surface area contributed by atoms with Gasteiger partial charge in [-0.25, -0.2) is 4.98 Å². The van der Waals surface area contributed by atoms with Crippen molar-refractivity contribution in [1.29, 1.82) is 0 Å². The summed E-state index contributed by atoms with van der Waals surface area (Å²) in [5, 5.41) is 2.30. The molecule has 0 aliphatic carbocycles. The second kappa shape index (κ2) is 9.08. The minimum absolute atomic E-state index is 0.594. The second-order valence-corrected chi connectivity index (χ2v) is 8.55. The summed E-state index contributed by atoms with van der Waals surface area (Å²) in [5.74, 6) is 1.88. The third kappa shape index (κ3) is 3.69. The van der Waals surface area contributed by atoms with Gasteiger partial charge in [0.2, 0.25) is 5.95 Å². The van der Waals surface area contributed by atoms with Crippen molar-refractivity contribution < 1.29 is 0 Å². The number of para-hydroxylation sites is 1. The molecule has 6 aromatic rings. The SMILES string of the molecule is C=C/C(=C\C)c1ccc2c(c1)c1ccccc1n2-c1nc(-c2ccccc2)nc(-c2ccccc2)n1. The van der Waals surface area contributed by atoms with Gasteiger partial charge in [0, 0.05) is 21.9 Å². The molecule has 0 unspecified atom stereocenters. The van der Waals surface area contributed by atoms with Crippen LogP contribution < -0.4 is 0 Å². The van der Waals surface area contributed by atoms with E-state index in [1.54, 1.807) is 0 Å². The smallest absolute Gasteiger partial charge is 0.238 e. The topological polar surface area (TPSA) is 43.6 Å². The molecule has 0 amide bonds. The maximum Gasteiger partial charge on any atom is 0.238 e. The van der Waals surface area contributed by atoms with E-state index in [0.717, 1.165) is 44.1 Å². The van der Waals surface area contributed by atoms with E-state index >= 15 is 0 Å². The van der Waals surface area contributed by atoms with E-state index < -0.39 is 0 Å². The number of nitrogens with zero attached hydrogens (tertiary/aromatic N) is 4. The van der Waals surface area contributed by atoms with Crippen LogP contribution in [0.5, 0.6) is 0 Å². The standard InChI is InChI=1S/C32H24N4/c1-3-22(4-2)25-19-20-29-27(21-25)26-17-11-12-18-28(26)36(29)32-34-30(23-13-7-5-8-14-23)33-31(35-32)24-15-9-6-10-16-24/h3-21H,1H2,2H3/b22-4+. The van der Waals surface area contributed by atoms with E-state index in [0.29, 0.717) is 17.6 Å². The molecule has 0 saturated carbocycles. The summed E-state index contributed by atoms with van der Waals surface area (Å²) >= 11 is 0. The van der Waals surface area contributed by atoms with E-state index in [1.165, 1.54) is 0 Å². The lowest BCUT2D eigenvalue weighted by atomic mass is 10.0. The summed E-state index contributed by atoms with van der Waals surface area (Å²) < 4.78 is 2.14. The molecule has 0 aliphatic rings. The molecule has 2 aromatic heterocycles. The first-order valence-electron chi connectivity index (χ1n) is 12.0. The van der Waals surface area contributed by atoms with Crippen molar-refractivity contribution in [1.82, 2.24) is 19.5 Å². The zero-order valence-corrected chi connectivity index (χ0v) is 20.0. The monoisotopic (exact) mass is 464 g/mol. The quantitative estimate of drug-likeness (QED) is 0.244. The summed E-state index contributed by atoms with van der Waals surface area (Å²) in [7, 11) is 0. The van der Waals surface area contributed by atoms with E-state index in [-0.39, 0.29) is 0 Å². The highest BCUT2D eigenvalue weighted by atomic mass is 15.2. The van der Waals surface area contributed by atoms with Gasteiger partial charge < -0.3 is 0 Å². The number of fused-ring (bicyclic) bond motifs is 3. The normalized spacial score (nSPS) is 11.8. The molecule has 4 heteroatoms. The fraction of sp³-hybridized carbons (Fsp3) is 0.0312. The van der Waals surface area contributed by atoms with Gasteiger partial charge in [-0.2, -0.15) is 9.97 Å². The van der Waals surface area contributed by atoms with Gasteiger partial charge in [0.25, 0.3) is 0 Å². The molecule has 2 heterocycles. The lowest BCUT2D eigenvalue weighted by Gasteiger charge is -2.11. The molecule has 4 aromatic carbocycles. The van der Waals surface area contributed by atoms with Crippen LogP contribution in [-0.2, 0) is 0 Å². The number of hydrogen-bond donors (Lipinski definition) is 0. The van der Waals surface area contributed by atoms with Crippen molar-refractivity contribution in [2.24, 2.45) is 0 Å². The van der Waals surface area contributed by atoms with Crippen LogP contribution in [0.25, 0.3) is 56.1 Å². The number of aromatic nitrogens is 4. The molecule has 0 aliphatic heterocycles. The number of benzene rings is 4. The first kappa shape index (κ1) is 21.7. The molecule has 172 valence electrons. The Morgan fingerprint density at radius 2 is 1.25 bits per heavy atom. The molecule has 0 radical (unpaired) electrons. The van der Waals surface area contributed by atoms with E-state index in [2.05, 4.69) is 59.7 Å². The van der Waals surface area contributed by atoms with Crippen molar-refractivity contribution in [3.05, 3.63) is 127 Å². The van der Waals surface area contributed by atoms with Gasteiger partial charge in [-0.3, -0.25) is 4.57 Å². The van der Waals surface area contributed by atoms with Crippen molar-refractivity contribution in [3.63, 3.8) is 0 Å².